The molecule has 29 heavy (non-hydrogen) atoms. The molecular formula is C21H22FN3O3S. The van der Waals surface area contributed by atoms with Crippen LogP contribution in [0, 0.1) is 5.82 Å². The van der Waals surface area contributed by atoms with Gasteiger partial charge in [0.2, 0.25) is 5.91 Å². The Morgan fingerprint density at radius 1 is 1.31 bits per heavy atom. The number of benzene rings is 2. The van der Waals surface area contributed by atoms with E-state index in [1.54, 1.807) is 25.5 Å². The average molecular weight is 415 g/mol. The Kier molecular flexibility index (Phi) is 6.90. The highest BCUT2D eigenvalue weighted by Gasteiger charge is 2.31. The third kappa shape index (κ3) is 4.96. The number of methoxy groups -OCH3 is 1. The summed E-state index contributed by atoms with van der Waals surface area (Å²) in [6, 6.07) is 13.4. The third-order valence-electron chi connectivity index (χ3n) is 4.63. The SMILES string of the molecule is COc1ccc(S/N=C/C2=C(N)CN(C(=O)C(CO)c3ccccc3F)C2)cc1. The number of aliphatic hydroxyl groups is 1. The molecule has 152 valence electrons. The van der Waals surface area contributed by atoms with Crippen molar-refractivity contribution < 1.29 is 19.0 Å². The lowest BCUT2D eigenvalue weighted by atomic mass is 9.98. The highest BCUT2D eigenvalue weighted by Crippen LogP contribution is 2.25. The number of rotatable bonds is 7. The third-order valence-corrected chi connectivity index (χ3v) is 5.33. The van der Waals surface area contributed by atoms with Crippen molar-refractivity contribution in [1.29, 1.82) is 0 Å². The maximum atomic E-state index is 14.1. The van der Waals surface area contributed by atoms with Gasteiger partial charge in [-0.05, 0) is 30.3 Å². The molecule has 2 aromatic carbocycles. The van der Waals surface area contributed by atoms with Crippen LogP contribution < -0.4 is 10.5 Å². The number of amides is 1. The lowest BCUT2D eigenvalue weighted by molar-refractivity contribution is -0.132. The predicted molar refractivity (Wildman–Crippen MR) is 111 cm³/mol. The fourth-order valence-corrected chi connectivity index (χ4v) is 3.58. The number of ether oxygens (including phenoxy) is 1. The zero-order chi connectivity index (χ0) is 20.8. The molecule has 0 fully saturated rings. The van der Waals surface area contributed by atoms with Crippen LogP contribution in [-0.2, 0) is 4.79 Å². The fourth-order valence-electron chi connectivity index (χ4n) is 3.02. The van der Waals surface area contributed by atoms with Gasteiger partial charge in [-0.3, -0.25) is 4.79 Å². The number of carbonyl (C=O) groups excluding carboxylic acids is 1. The maximum Gasteiger partial charge on any atom is 0.233 e. The summed E-state index contributed by atoms with van der Waals surface area (Å²) in [5.41, 5.74) is 7.50. The van der Waals surface area contributed by atoms with E-state index in [0.717, 1.165) is 16.2 Å². The summed E-state index contributed by atoms with van der Waals surface area (Å²) in [5.74, 6) is -1.08. The van der Waals surface area contributed by atoms with Crippen molar-refractivity contribution >= 4 is 24.1 Å². The minimum absolute atomic E-state index is 0.177. The standard InChI is InChI=1S/C21H22FN3O3S/c1-28-15-6-8-16(9-7-15)29-24-10-14-11-25(12-20(14)23)21(27)18(13-26)17-4-2-3-5-19(17)22/h2-10,18,26H,11-13,23H2,1H3/b24-10+. The number of hydrogen-bond acceptors (Lipinski definition) is 6. The Bertz CT molecular complexity index is 931. The fraction of sp³-hybridized carbons (Fsp3) is 0.238. The predicted octanol–water partition coefficient (Wildman–Crippen LogP) is 2.74. The summed E-state index contributed by atoms with van der Waals surface area (Å²) in [7, 11) is 1.61. The lowest BCUT2D eigenvalue weighted by Gasteiger charge is -2.22. The molecule has 0 saturated carbocycles. The second kappa shape index (κ2) is 9.58. The minimum Gasteiger partial charge on any atom is -0.497 e. The molecule has 1 amide bonds. The first-order valence-corrected chi connectivity index (χ1v) is 9.76. The van der Waals surface area contributed by atoms with Crippen molar-refractivity contribution in [2.45, 2.75) is 10.8 Å². The first-order valence-electron chi connectivity index (χ1n) is 8.99. The van der Waals surface area contributed by atoms with Gasteiger partial charge in [0, 0.05) is 46.4 Å². The minimum atomic E-state index is -0.964. The van der Waals surface area contributed by atoms with Crippen LogP contribution in [0.15, 0.2) is 69.1 Å². The topological polar surface area (TPSA) is 88.2 Å². The number of nitrogens with two attached hydrogens (primary N) is 1. The average Bonchev–Trinajstić information content (AvgIpc) is 3.11. The molecular weight excluding hydrogens is 393 g/mol. The van der Waals surface area contributed by atoms with Crippen LogP contribution >= 0.6 is 11.9 Å². The molecule has 0 aromatic heterocycles. The number of hydrogen-bond donors (Lipinski definition) is 2. The smallest absolute Gasteiger partial charge is 0.233 e. The van der Waals surface area contributed by atoms with Crippen LogP contribution in [0.1, 0.15) is 11.5 Å². The molecule has 2 aromatic rings. The van der Waals surface area contributed by atoms with E-state index in [-0.39, 0.29) is 24.6 Å². The summed E-state index contributed by atoms with van der Waals surface area (Å²) in [4.78, 5) is 15.3. The van der Waals surface area contributed by atoms with Crippen molar-refractivity contribution in [3.05, 3.63) is 71.2 Å². The summed E-state index contributed by atoms with van der Waals surface area (Å²) in [6.45, 7) is 0.00749. The molecule has 6 nitrogen and oxygen atoms in total. The zero-order valence-corrected chi connectivity index (χ0v) is 16.7. The molecule has 0 aliphatic carbocycles. The number of nitrogens with zero attached hydrogens (tertiary/aromatic N) is 2. The lowest BCUT2D eigenvalue weighted by Crippen LogP contribution is -2.36. The maximum absolute atomic E-state index is 14.1. The van der Waals surface area contributed by atoms with E-state index < -0.39 is 18.3 Å². The van der Waals surface area contributed by atoms with Gasteiger partial charge in [-0.25, -0.2) is 8.79 Å². The summed E-state index contributed by atoms with van der Waals surface area (Å²) in [5, 5.41) is 9.67. The molecule has 1 unspecified atom stereocenters. The van der Waals surface area contributed by atoms with E-state index >= 15 is 0 Å². The first kappa shape index (κ1) is 20.9. The van der Waals surface area contributed by atoms with Crippen LogP contribution in [0.25, 0.3) is 0 Å². The Morgan fingerprint density at radius 2 is 2.03 bits per heavy atom. The monoisotopic (exact) mass is 415 g/mol. The van der Waals surface area contributed by atoms with E-state index in [1.165, 1.54) is 29.0 Å². The summed E-state index contributed by atoms with van der Waals surface area (Å²) < 4.78 is 23.5. The molecule has 8 heteroatoms. The molecule has 1 heterocycles. The van der Waals surface area contributed by atoms with Crippen LogP contribution in [0.5, 0.6) is 5.75 Å². The molecule has 0 radical (unpaired) electrons. The molecule has 0 bridgehead atoms. The Balaban J connectivity index is 1.63. The van der Waals surface area contributed by atoms with Crippen LogP contribution in [0.3, 0.4) is 0 Å². The second-order valence-electron chi connectivity index (χ2n) is 6.50. The normalized spacial score (nSPS) is 15.2. The molecule has 1 atom stereocenters. The van der Waals surface area contributed by atoms with Crippen molar-refractivity contribution in [3.63, 3.8) is 0 Å². The zero-order valence-electron chi connectivity index (χ0n) is 15.9. The molecule has 0 saturated heterocycles. The Hall–Kier alpha value is -2.84. The molecule has 1 aliphatic rings. The van der Waals surface area contributed by atoms with Crippen molar-refractivity contribution in [2.24, 2.45) is 10.1 Å². The number of aliphatic hydroxyl groups excluding tert-OH is 1. The second-order valence-corrected chi connectivity index (χ2v) is 7.37. The van der Waals surface area contributed by atoms with E-state index in [0.29, 0.717) is 5.70 Å². The summed E-state index contributed by atoms with van der Waals surface area (Å²) in [6.07, 6.45) is 1.63. The largest absolute Gasteiger partial charge is 0.497 e. The van der Waals surface area contributed by atoms with Gasteiger partial charge in [0.1, 0.15) is 11.6 Å². The van der Waals surface area contributed by atoms with Crippen LogP contribution in [-0.4, -0.2) is 48.9 Å². The van der Waals surface area contributed by atoms with E-state index in [2.05, 4.69) is 4.40 Å². The molecule has 3 N–H and O–H groups in total. The van der Waals surface area contributed by atoms with E-state index in [1.807, 2.05) is 24.3 Å². The van der Waals surface area contributed by atoms with E-state index in [9.17, 15) is 14.3 Å². The summed E-state index contributed by atoms with van der Waals surface area (Å²) >= 11 is 1.28. The molecule has 1 aliphatic heterocycles. The number of carbonyl (C=O) groups is 1. The number of halogens is 1. The molecule has 3 rings (SSSR count). The first-order chi connectivity index (χ1) is 14.0. The highest BCUT2D eigenvalue weighted by molar-refractivity contribution is 7.98. The highest BCUT2D eigenvalue weighted by atomic mass is 32.2. The molecule has 0 spiro atoms. The van der Waals surface area contributed by atoms with Gasteiger partial charge in [-0.15, -0.1) is 0 Å². The van der Waals surface area contributed by atoms with Crippen LogP contribution in [0.2, 0.25) is 0 Å². The quantitative estimate of drug-likeness (QED) is 0.536. The van der Waals surface area contributed by atoms with Gasteiger partial charge in [0.25, 0.3) is 0 Å². The van der Waals surface area contributed by atoms with Crippen molar-refractivity contribution in [1.82, 2.24) is 4.90 Å². The Labute approximate surface area is 173 Å². The Morgan fingerprint density at radius 3 is 2.69 bits per heavy atom. The van der Waals surface area contributed by atoms with E-state index in [4.69, 9.17) is 10.5 Å². The van der Waals surface area contributed by atoms with Gasteiger partial charge in [-0.1, -0.05) is 18.2 Å². The van der Waals surface area contributed by atoms with Crippen LogP contribution in [0.4, 0.5) is 4.39 Å². The van der Waals surface area contributed by atoms with Gasteiger partial charge >= 0.3 is 0 Å². The van der Waals surface area contributed by atoms with Gasteiger partial charge < -0.3 is 20.5 Å². The van der Waals surface area contributed by atoms with Crippen molar-refractivity contribution in [2.75, 3.05) is 26.8 Å². The van der Waals surface area contributed by atoms with Gasteiger partial charge in [-0.2, -0.15) is 0 Å². The van der Waals surface area contributed by atoms with Crippen molar-refractivity contribution in [3.8, 4) is 5.75 Å². The van der Waals surface area contributed by atoms with Gasteiger partial charge in [0.15, 0.2) is 0 Å². The van der Waals surface area contributed by atoms with Gasteiger partial charge in [0.05, 0.1) is 26.2 Å².